The number of likely N-dealkylation sites (tertiary alicyclic amines) is 1. The molecule has 1 fully saturated rings. The molecule has 1 amide bonds. The fourth-order valence-corrected chi connectivity index (χ4v) is 2.78. The minimum absolute atomic E-state index is 0.0153. The summed E-state index contributed by atoms with van der Waals surface area (Å²) in [5.41, 5.74) is 6.34. The Bertz CT molecular complexity index is 480. The van der Waals surface area contributed by atoms with E-state index >= 15 is 0 Å². The highest BCUT2D eigenvalue weighted by atomic mass is 79.9. The molecule has 1 aromatic rings. The molecule has 0 aromatic heterocycles. The van der Waals surface area contributed by atoms with Gasteiger partial charge in [0, 0.05) is 17.6 Å². The highest BCUT2D eigenvalue weighted by Crippen LogP contribution is 2.32. The first-order chi connectivity index (χ1) is 8.47. The second-order valence-corrected chi connectivity index (χ2v) is 6.33. The zero-order chi connectivity index (χ0) is 13.3. The van der Waals surface area contributed by atoms with Crippen molar-refractivity contribution in [1.82, 2.24) is 4.90 Å². The van der Waals surface area contributed by atoms with Crippen LogP contribution < -0.4 is 5.73 Å². The van der Waals surface area contributed by atoms with E-state index in [0.717, 1.165) is 17.4 Å². The standard InChI is InChI=1S/C13H16BrClN2O/c1-13(7-16)5-6-17(8-13)12(18)9-3-2-4-10(14)11(9)15/h2-4H,5-8,16H2,1H3. The van der Waals surface area contributed by atoms with Gasteiger partial charge in [-0.2, -0.15) is 0 Å². The van der Waals surface area contributed by atoms with Gasteiger partial charge in [-0.25, -0.2) is 0 Å². The van der Waals surface area contributed by atoms with Crippen LogP contribution in [0.1, 0.15) is 23.7 Å². The number of benzene rings is 1. The topological polar surface area (TPSA) is 46.3 Å². The first-order valence-corrected chi connectivity index (χ1v) is 7.07. The van der Waals surface area contributed by atoms with Crippen molar-refractivity contribution in [2.45, 2.75) is 13.3 Å². The van der Waals surface area contributed by atoms with E-state index in [4.69, 9.17) is 17.3 Å². The fraction of sp³-hybridized carbons (Fsp3) is 0.462. The van der Waals surface area contributed by atoms with E-state index in [2.05, 4.69) is 22.9 Å². The second kappa shape index (κ2) is 5.19. The zero-order valence-corrected chi connectivity index (χ0v) is 12.6. The minimum Gasteiger partial charge on any atom is -0.338 e. The third-order valence-corrected chi connectivity index (χ3v) is 4.82. The largest absolute Gasteiger partial charge is 0.338 e. The smallest absolute Gasteiger partial charge is 0.255 e. The van der Waals surface area contributed by atoms with Gasteiger partial charge in [-0.3, -0.25) is 4.79 Å². The zero-order valence-electron chi connectivity index (χ0n) is 10.2. The number of hydrogen-bond donors (Lipinski definition) is 1. The molecule has 18 heavy (non-hydrogen) atoms. The van der Waals surface area contributed by atoms with Crippen molar-refractivity contribution in [1.29, 1.82) is 0 Å². The lowest BCUT2D eigenvalue weighted by Gasteiger charge is -2.23. The van der Waals surface area contributed by atoms with E-state index in [1.807, 2.05) is 17.0 Å². The van der Waals surface area contributed by atoms with Gasteiger partial charge in [0.1, 0.15) is 0 Å². The van der Waals surface area contributed by atoms with Gasteiger partial charge in [-0.15, -0.1) is 0 Å². The van der Waals surface area contributed by atoms with Crippen molar-refractivity contribution < 1.29 is 4.79 Å². The minimum atomic E-state index is -0.0153. The van der Waals surface area contributed by atoms with E-state index in [0.29, 0.717) is 23.7 Å². The molecule has 0 radical (unpaired) electrons. The van der Waals surface area contributed by atoms with Crippen molar-refractivity contribution >= 4 is 33.4 Å². The van der Waals surface area contributed by atoms with Crippen LogP contribution in [-0.4, -0.2) is 30.4 Å². The summed E-state index contributed by atoms with van der Waals surface area (Å²) in [5, 5.41) is 0.476. The molecule has 1 atom stereocenters. The summed E-state index contributed by atoms with van der Waals surface area (Å²) in [6.07, 6.45) is 0.945. The second-order valence-electron chi connectivity index (χ2n) is 5.09. The van der Waals surface area contributed by atoms with Crippen LogP contribution in [0, 0.1) is 5.41 Å². The number of nitrogens with zero attached hydrogens (tertiary/aromatic N) is 1. The van der Waals surface area contributed by atoms with Gasteiger partial charge in [0.15, 0.2) is 0 Å². The molecule has 0 bridgehead atoms. The molecule has 1 saturated heterocycles. The number of hydrogen-bond acceptors (Lipinski definition) is 2. The van der Waals surface area contributed by atoms with Crippen molar-refractivity contribution in [2.24, 2.45) is 11.1 Å². The first kappa shape index (κ1) is 13.8. The summed E-state index contributed by atoms with van der Waals surface area (Å²) in [7, 11) is 0. The average Bonchev–Trinajstić information content (AvgIpc) is 2.75. The predicted octanol–water partition coefficient (Wildman–Crippen LogP) is 2.91. The Morgan fingerprint density at radius 2 is 2.33 bits per heavy atom. The summed E-state index contributed by atoms with van der Waals surface area (Å²) in [5.74, 6) is -0.0153. The lowest BCUT2D eigenvalue weighted by Crippen LogP contribution is -2.34. The Kier molecular flexibility index (Phi) is 3.99. The van der Waals surface area contributed by atoms with Crippen molar-refractivity contribution in [2.75, 3.05) is 19.6 Å². The van der Waals surface area contributed by atoms with E-state index in [1.165, 1.54) is 0 Å². The number of amides is 1. The Balaban J connectivity index is 2.21. The lowest BCUT2D eigenvalue weighted by molar-refractivity contribution is 0.0777. The maximum Gasteiger partial charge on any atom is 0.255 e. The molecular weight excluding hydrogens is 316 g/mol. The van der Waals surface area contributed by atoms with Crippen LogP contribution in [0.2, 0.25) is 5.02 Å². The molecule has 1 heterocycles. The SMILES string of the molecule is CC1(CN)CCN(C(=O)c2cccc(Br)c2Cl)C1. The third-order valence-electron chi connectivity index (χ3n) is 3.52. The monoisotopic (exact) mass is 330 g/mol. The summed E-state index contributed by atoms with van der Waals surface area (Å²) >= 11 is 9.49. The van der Waals surface area contributed by atoms with Gasteiger partial charge < -0.3 is 10.6 Å². The Hall–Kier alpha value is -0.580. The third kappa shape index (κ3) is 2.56. The van der Waals surface area contributed by atoms with Crippen LogP contribution in [0.3, 0.4) is 0 Å². The maximum absolute atomic E-state index is 12.4. The van der Waals surface area contributed by atoms with Crippen LogP contribution in [0.5, 0.6) is 0 Å². The Morgan fingerprint density at radius 1 is 1.61 bits per heavy atom. The van der Waals surface area contributed by atoms with Gasteiger partial charge in [-0.05, 0) is 46.4 Å². The molecule has 1 aliphatic rings. The summed E-state index contributed by atoms with van der Waals surface area (Å²) in [4.78, 5) is 14.2. The number of halogens is 2. The summed E-state index contributed by atoms with van der Waals surface area (Å²) in [6, 6.07) is 5.40. The van der Waals surface area contributed by atoms with Crippen molar-refractivity contribution in [3.63, 3.8) is 0 Å². The van der Waals surface area contributed by atoms with Crippen LogP contribution in [0.15, 0.2) is 22.7 Å². The van der Waals surface area contributed by atoms with Gasteiger partial charge >= 0.3 is 0 Å². The number of carbonyl (C=O) groups excluding carboxylic acids is 1. The van der Waals surface area contributed by atoms with Gasteiger partial charge in [-0.1, -0.05) is 24.6 Å². The van der Waals surface area contributed by atoms with E-state index < -0.39 is 0 Å². The van der Waals surface area contributed by atoms with Crippen LogP contribution in [0.25, 0.3) is 0 Å². The molecule has 98 valence electrons. The molecule has 0 spiro atoms. The van der Waals surface area contributed by atoms with E-state index in [1.54, 1.807) is 6.07 Å². The molecule has 0 aliphatic carbocycles. The number of rotatable bonds is 2. The van der Waals surface area contributed by atoms with E-state index in [9.17, 15) is 4.79 Å². The van der Waals surface area contributed by atoms with Crippen LogP contribution in [0.4, 0.5) is 0 Å². The molecule has 2 rings (SSSR count). The molecule has 1 aromatic carbocycles. The molecule has 1 unspecified atom stereocenters. The highest BCUT2D eigenvalue weighted by molar-refractivity contribution is 9.10. The average molecular weight is 332 g/mol. The Morgan fingerprint density at radius 3 is 2.94 bits per heavy atom. The van der Waals surface area contributed by atoms with E-state index in [-0.39, 0.29) is 11.3 Å². The maximum atomic E-state index is 12.4. The molecule has 3 nitrogen and oxygen atoms in total. The predicted molar refractivity (Wildman–Crippen MR) is 76.8 cm³/mol. The molecule has 2 N–H and O–H groups in total. The lowest BCUT2D eigenvalue weighted by atomic mass is 9.90. The molecule has 1 aliphatic heterocycles. The normalized spacial score (nSPS) is 23.4. The first-order valence-electron chi connectivity index (χ1n) is 5.90. The molecule has 0 saturated carbocycles. The molecule has 5 heteroatoms. The summed E-state index contributed by atoms with van der Waals surface area (Å²) in [6.45, 7) is 4.16. The Labute approximate surface area is 120 Å². The van der Waals surface area contributed by atoms with Crippen LogP contribution >= 0.6 is 27.5 Å². The molecular formula is C13H16BrClN2O. The fourth-order valence-electron chi connectivity index (χ4n) is 2.20. The highest BCUT2D eigenvalue weighted by Gasteiger charge is 2.35. The van der Waals surface area contributed by atoms with Crippen molar-refractivity contribution in [3.8, 4) is 0 Å². The number of carbonyl (C=O) groups is 1. The van der Waals surface area contributed by atoms with Crippen LogP contribution in [-0.2, 0) is 0 Å². The van der Waals surface area contributed by atoms with Crippen molar-refractivity contribution in [3.05, 3.63) is 33.3 Å². The van der Waals surface area contributed by atoms with Gasteiger partial charge in [0.2, 0.25) is 0 Å². The van der Waals surface area contributed by atoms with Gasteiger partial charge in [0.25, 0.3) is 5.91 Å². The quantitative estimate of drug-likeness (QED) is 0.905. The number of nitrogens with two attached hydrogens (primary N) is 1. The summed E-state index contributed by atoms with van der Waals surface area (Å²) < 4.78 is 0.746. The van der Waals surface area contributed by atoms with Gasteiger partial charge in [0.05, 0.1) is 10.6 Å².